The molecule has 32 heavy (non-hydrogen) atoms. The molecule has 0 unspecified atom stereocenters. The quantitative estimate of drug-likeness (QED) is 0.358. The second-order valence-electron chi connectivity index (χ2n) is 10.1. The Morgan fingerprint density at radius 2 is 1.75 bits per heavy atom. The molecule has 0 radical (unpaired) electrons. The van der Waals surface area contributed by atoms with Crippen LogP contribution in [0.3, 0.4) is 0 Å². The van der Waals surface area contributed by atoms with Gasteiger partial charge >= 0.3 is 0 Å². The number of pyridine rings is 1. The third-order valence-electron chi connectivity index (χ3n) is 7.95. The first-order chi connectivity index (χ1) is 15.6. The van der Waals surface area contributed by atoms with E-state index in [1.807, 2.05) is 6.07 Å². The van der Waals surface area contributed by atoms with E-state index in [-0.39, 0.29) is 11.4 Å². The molecule has 164 valence electrons. The van der Waals surface area contributed by atoms with Gasteiger partial charge in [-0.05, 0) is 103 Å². The molecule has 4 heteroatoms. The molecule has 2 bridgehead atoms. The van der Waals surface area contributed by atoms with Crippen molar-refractivity contribution < 1.29 is 4.79 Å². The Kier molecular flexibility index (Phi) is 5.24. The van der Waals surface area contributed by atoms with Gasteiger partial charge in [0.15, 0.2) is 0 Å². The van der Waals surface area contributed by atoms with Crippen molar-refractivity contribution in [1.29, 1.82) is 0 Å². The van der Waals surface area contributed by atoms with Crippen molar-refractivity contribution in [2.24, 2.45) is 5.92 Å². The highest BCUT2D eigenvalue weighted by atomic mass is 127. The monoisotopic (exact) mass is 536 g/mol. The number of hydrogen-bond donors (Lipinski definition) is 1. The van der Waals surface area contributed by atoms with E-state index in [4.69, 9.17) is 4.98 Å². The summed E-state index contributed by atoms with van der Waals surface area (Å²) in [6, 6.07) is 16.7. The van der Waals surface area contributed by atoms with Crippen molar-refractivity contribution in [3.05, 3.63) is 63.2 Å². The van der Waals surface area contributed by atoms with Gasteiger partial charge in [0, 0.05) is 20.1 Å². The highest BCUT2D eigenvalue weighted by Crippen LogP contribution is 2.48. The average Bonchev–Trinajstić information content (AvgIpc) is 3.67. The smallest absolute Gasteiger partial charge is 0.252 e. The molecule has 4 saturated carbocycles. The van der Waals surface area contributed by atoms with E-state index in [0.717, 1.165) is 69.3 Å². The van der Waals surface area contributed by atoms with Crippen molar-refractivity contribution in [3.63, 3.8) is 0 Å². The van der Waals surface area contributed by atoms with Gasteiger partial charge in [0.2, 0.25) is 0 Å². The number of benzene rings is 2. The fourth-order valence-corrected chi connectivity index (χ4v) is 6.56. The highest BCUT2D eigenvalue weighted by molar-refractivity contribution is 14.1. The Labute approximate surface area is 203 Å². The van der Waals surface area contributed by atoms with Crippen LogP contribution < -0.4 is 5.32 Å². The van der Waals surface area contributed by atoms with Crippen LogP contribution >= 0.6 is 22.6 Å². The number of halogens is 1. The fourth-order valence-electron chi connectivity index (χ4n) is 6.07. The Morgan fingerprint density at radius 1 is 0.969 bits per heavy atom. The number of amides is 1. The van der Waals surface area contributed by atoms with Crippen LogP contribution in [-0.2, 0) is 0 Å². The van der Waals surface area contributed by atoms with Crippen LogP contribution in [0.4, 0.5) is 0 Å². The van der Waals surface area contributed by atoms with Crippen molar-refractivity contribution in [2.45, 2.75) is 69.2 Å². The van der Waals surface area contributed by atoms with Gasteiger partial charge in [-0.15, -0.1) is 0 Å². The molecule has 4 aliphatic rings. The molecule has 1 amide bonds. The topological polar surface area (TPSA) is 42.0 Å². The van der Waals surface area contributed by atoms with Crippen molar-refractivity contribution >= 4 is 39.4 Å². The third-order valence-corrected chi connectivity index (χ3v) is 8.62. The number of hydrogen-bond acceptors (Lipinski definition) is 2. The van der Waals surface area contributed by atoms with Gasteiger partial charge in [0.1, 0.15) is 0 Å². The van der Waals surface area contributed by atoms with E-state index < -0.39 is 0 Å². The number of aromatic nitrogens is 1. The lowest BCUT2D eigenvalue weighted by molar-refractivity contribution is 0.0861. The van der Waals surface area contributed by atoms with E-state index in [0.29, 0.717) is 5.92 Å². The third kappa shape index (κ3) is 3.74. The maximum Gasteiger partial charge on any atom is 0.252 e. The molecule has 0 aliphatic heterocycles. The van der Waals surface area contributed by atoms with Crippen LogP contribution in [0.15, 0.2) is 48.5 Å². The summed E-state index contributed by atoms with van der Waals surface area (Å²) >= 11 is 2.35. The number of nitrogens with one attached hydrogen (secondary N) is 1. The molecule has 4 fully saturated rings. The zero-order valence-corrected chi connectivity index (χ0v) is 20.5. The number of nitrogens with zero attached hydrogens (tertiary/aromatic N) is 1. The second-order valence-corrected chi connectivity index (χ2v) is 11.4. The van der Waals surface area contributed by atoms with Crippen molar-refractivity contribution in [2.75, 3.05) is 0 Å². The summed E-state index contributed by atoms with van der Waals surface area (Å²) in [6.07, 6.45) is 10.8. The second kappa shape index (κ2) is 8.12. The van der Waals surface area contributed by atoms with E-state index in [1.54, 1.807) is 0 Å². The molecule has 3 aromatic rings. The molecule has 2 aromatic carbocycles. The van der Waals surface area contributed by atoms with Crippen LogP contribution in [-0.4, -0.2) is 16.4 Å². The normalized spacial score (nSPS) is 25.0. The van der Waals surface area contributed by atoms with E-state index in [2.05, 4.69) is 70.4 Å². The van der Waals surface area contributed by atoms with Crippen LogP contribution in [0.2, 0.25) is 0 Å². The zero-order valence-electron chi connectivity index (χ0n) is 18.4. The van der Waals surface area contributed by atoms with Crippen LogP contribution in [0.25, 0.3) is 22.2 Å². The zero-order chi connectivity index (χ0) is 21.7. The summed E-state index contributed by atoms with van der Waals surface area (Å²) < 4.78 is 1.15. The van der Waals surface area contributed by atoms with Gasteiger partial charge in [-0.25, -0.2) is 4.98 Å². The Balaban J connectivity index is 1.52. The molecule has 4 aliphatic carbocycles. The molecule has 1 heterocycles. The minimum Gasteiger partial charge on any atom is -0.347 e. The summed E-state index contributed by atoms with van der Waals surface area (Å²) in [5.41, 5.74) is 5.06. The van der Waals surface area contributed by atoms with E-state index >= 15 is 0 Å². The molecule has 3 nitrogen and oxygen atoms in total. The van der Waals surface area contributed by atoms with Gasteiger partial charge in [0.25, 0.3) is 5.91 Å². The van der Waals surface area contributed by atoms with E-state index in [9.17, 15) is 4.79 Å². The van der Waals surface area contributed by atoms with E-state index in [1.165, 1.54) is 31.2 Å². The molecule has 0 spiro atoms. The SMILES string of the molecule is O=C(NC12CCCC(CC1)CC2)c1c(C2CC2)c(-c2ccccc2)nc2ccc(I)cc12. The molecule has 0 saturated heterocycles. The summed E-state index contributed by atoms with van der Waals surface area (Å²) in [4.78, 5) is 19.2. The fraction of sp³-hybridized carbons (Fsp3) is 0.429. The van der Waals surface area contributed by atoms with Crippen LogP contribution in [0, 0.1) is 9.49 Å². The van der Waals surface area contributed by atoms with Crippen LogP contribution in [0.5, 0.6) is 0 Å². The van der Waals surface area contributed by atoms with Gasteiger partial charge in [-0.2, -0.15) is 0 Å². The lowest BCUT2D eigenvalue weighted by atomic mass is 9.78. The summed E-state index contributed by atoms with van der Waals surface area (Å²) in [6.45, 7) is 0. The summed E-state index contributed by atoms with van der Waals surface area (Å²) in [5, 5.41) is 4.63. The lowest BCUT2D eigenvalue weighted by Gasteiger charge is -2.38. The molecule has 0 atom stereocenters. The first-order valence-corrected chi connectivity index (χ1v) is 13.2. The maximum absolute atomic E-state index is 14.1. The van der Waals surface area contributed by atoms with Gasteiger partial charge < -0.3 is 5.32 Å². The Morgan fingerprint density at radius 3 is 2.50 bits per heavy atom. The lowest BCUT2D eigenvalue weighted by Crippen LogP contribution is -2.49. The highest BCUT2D eigenvalue weighted by Gasteiger charge is 2.41. The molecule has 1 N–H and O–H groups in total. The Bertz CT molecular complexity index is 1170. The summed E-state index contributed by atoms with van der Waals surface area (Å²) in [7, 11) is 0. The van der Waals surface area contributed by atoms with Gasteiger partial charge in [0.05, 0.1) is 16.8 Å². The number of rotatable bonds is 4. The van der Waals surface area contributed by atoms with Crippen molar-refractivity contribution in [1.82, 2.24) is 10.3 Å². The minimum absolute atomic E-state index is 0.0185. The molecule has 7 rings (SSSR count). The number of carbonyl (C=O) groups excluding carboxylic acids is 1. The minimum atomic E-state index is -0.0185. The first-order valence-electron chi connectivity index (χ1n) is 12.1. The average molecular weight is 536 g/mol. The predicted octanol–water partition coefficient (Wildman–Crippen LogP) is 7.23. The van der Waals surface area contributed by atoms with Crippen molar-refractivity contribution in [3.8, 4) is 11.3 Å². The molecular weight excluding hydrogens is 507 g/mol. The maximum atomic E-state index is 14.1. The van der Waals surface area contributed by atoms with Crippen LogP contribution in [0.1, 0.15) is 79.6 Å². The van der Waals surface area contributed by atoms with Gasteiger partial charge in [-0.3, -0.25) is 4.79 Å². The molecule has 1 aromatic heterocycles. The number of carbonyl (C=O) groups is 1. The van der Waals surface area contributed by atoms with Gasteiger partial charge in [-0.1, -0.05) is 43.2 Å². The molecular formula is C28H29IN2O. The number of fused-ring (bicyclic) bond motifs is 5. The first kappa shape index (κ1) is 20.6. The largest absolute Gasteiger partial charge is 0.347 e. The summed E-state index contributed by atoms with van der Waals surface area (Å²) in [5.74, 6) is 1.43. The standard InChI is InChI=1S/C28H29IN2O/c29-21-10-11-23-22(17-21)25(27(32)31-28-14-4-5-18(12-15-28)13-16-28)24(19-8-9-19)26(30-23)20-6-2-1-3-7-20/h1-3,6-7,10-11,17-19H,4-5,8-9,12-16H2,(H,31,32). The Hall–Kier alpha value is -1.95. The predicted molar refractivity (Wildman–Crippen MR) is 138 cm³/mol.